The molecular formula is C5H9BrO. The monoisotopic (exact) mass is 164 g/mol. The van der Waals surface area contributed by atoms with Crippen molar-refractivity contribution in [2.24, 2.45) is 0 Å². The van der Waals surface area contributed by atoms with Crippen molar-refractivity contribution in [3.63, 3.8) is 0 Å². The van der Waals surface area contributed by atoms with Gasteiger partial charge in [-0.15, -0.1) is 0 Å². The van der Waals surface area contributed by atoms with E-state index in [0.717, 1.165) is 23.6 Å². The first kappa shape index (κ1) is 7.02. The molecule has 0 bridgehead atoms. The van der Waals surface area contributed by atoms with Gasteiger partial charge in [0.25, 0.3) is 0 Å². The average Bonchev–Trinajstić information content (AvgIpc) is 1.68. The van der Waals surface area contributed by atoms with Crippen molar-refractivity contribution in [1.82, 2.24) is 0 Å². The van der Waals surface area contributed by atoms with Crippen LogP contribution in [0.15, 0.2) is 11.8 Å². The second-order valence-corrected chi connectivity index (χ2v) is 2.21. The lowest BCUT2D eigenvalue weighted by molar-refractivity contribution is 0.465. The number of hydrogen-bond donors (Lipinski definition) is 1. The summed E-state index contributed by atoms with van der Waals surface area (Å²) in [6.45, 7) is 1.89. The maximum Gasteiger partial charge on any atom is 0.0781 e. The van der Waals surface area contributed by atoms with E-state index in [1.54, 1.807) is 0 Å². The van der Waals surface area contributed by atoms with Crippen LogP contribution in [0.2, 0.25) is 0 Å². The topological polar surface area (TPSA) is 20.2 Å². The van der Waals surface area contributed by atoms with Gasteiger partial charge < -0.3 is 5.11 Å². The van der Waals surface area contributed by atoms with E-state index in [1.165, 1.54) is 0 Å². The number of alkyl halides is 1. The Kier molecular flexibility index (Phi) is 4.20. The van der Waals surface area contributed by atoms with Crippen LogP contribution in [-0.2, 0) is 0 Å². The normalized spacial score (nSPS) is 12.0. The molecule has 0 aromatic heterocycles. The molecule has 0 radical (unpaired) electrons. The van der Waals surface area contributed by atoms with E-state index in [-0.39, 0.29) is 0 Å². The number of rotatable bonds is 2. The van der Waals surface area contributed by atoms with E-state index < -0.39 is 0 Å². The molecule has 0 heterocycles. The molecule has 0 saturated carbocycles. The molecule has 42 valence electrons. The van der Waals surface area contributed by atoms with Crippen LogP contribution in [0.25, 0.3) is 0 Å². The van der Waals surface area contributed by atoms with Crippen LogP contribution in [0.1, 0.15) is 13.3 Å². The van der Waals surface area contributed by atoms with Gasteiger partial charge in [-0.25, -0.2) is 0 Å². The molecule has 1 N–H and O–H groups in total. The zero-order chi connectivity index (χ0) is 5.70. The minimum Gasteiger partial charge on any atom is -0.516 e. The van der Waals surface area contributed by atoms with Crippen molar-refractivity contribution < 1.29 is 5.11 Å². The summed E-state index contributed by atoms with van der Waals surface area (Å²) in [7, 11) is 0. The molecule has 0 spiro atoms. The van der Waals surface area contributed by atoms with Crippen LogP contribution in [0.5, 0.6) is 0 Å². The molecule has 0 amide bonds. The van der Waals surface area contributed by atoms with E-state index in [4.69, 9.17) is 5.11 Å². The molecule has 0 atom stereocenters. The number of aliphatic hydroxyl groups excluding tert-OH is 1. The number of hydrogen-bond acceptors (Lipinski definition) is 1. The molecule has 0 aromatic carbocycles. The van der Waals surface area contributed by atoms with Crippen LogP contribution < -0.4 is 0 Å². The summed E-state index contributed by atoms with van der Waals surface area (Å²) in [4.78, 5) is 0. The Labute approximate surface area is 52.2 Å². The van der Waals surface area contributed by atoms with E-state index in [2.05, 4.69) is 15.9 Å². The fourth-order valence-corrected chi connectivity index (χ4v) is 0.839. The van der Waals surface area contributed by atoms with Gasteiger partial charge in [0.1, 0.15) is 0 Å². The van der Waals surface area contributed by atoms with Crippen molar-refractivity contribution in [2.75, 3.05) is 5.33 Å². The summed E-state index contributed by atoms with van der Waals surface area (Å²) in [6, 6.07) is 0. The van der Waals surface area contributed by atoms with Crippen LogP contribution in [0.4, 0.5) is 0 Å². The maximum absolute atomic E-state index is 8.28. The Morgan fingerprint density at radius 3 is 2.57 bits per heavy atom. The van der Waals surface area contributed by atoms with Crippen molar-refractivity contribution in [3.8, 4) is 0 Å². The SMILES string of the molecule is CC(=CO)CCBr. The Morgan fingerprint density at radius 1 is 1.86 bits per heavy atom. The average molecular weight is 165 g/mol. The lowest BCUT2D eigenvalue weighted by Gasteiger charge is -1.88. The minimum atomic E-state index is 0.926. The highest BCUT2D eigenvalue weighted by Crippen LogP contribution is 1.99. The largest absolute Gasteiger partial charge is 0.516 e. The highest BCUT2D eigenvalue weighted by atomic mass is 79.9. The third kappa shape index (κ3) is 3.86. The lowest BCUT2D eigenvalue weighted by Crippen LogP contribution is -1.75. The standard InChI is InChI=1S/C5H9BrO/c1-5(4-7)2-3-6/h4,7H,2-3H2,1H3. The van der Waals surface area contributed by atoms with Crippen molar-refractivity contribution in [2.45, 2.75) is 13.3 Å². The predicted octanol–water partition coefficient (Wildman–Crippen LogP) is 2.23. The van der Waals surface area contributed by atoms with Gasteiger partial charge in [-0.3, -0.25) is 0 Å². The molecule has 2 heteroatoms. The lowest BCUT2D eigenvalue weighted by atomic mass is 10.3. The number of halogens is 1. The zero-order valence-corrected chi connectivity index (χ0v) is 5.90. The summed E-state index contributed by atoms with van der Waals surface area (Å²) < 4.78 is 0. The van der Waals surface area contributed by atoms with Gasteiger partial charge in [0.15, 0.2) is 0 Å². The van der Waals surface area contributed by atoms with E-state index >= 15 is 0 Å². The fraction of sp³-hybridized carbons (Fsp3) is 0.600. The Bertz CT molecular complexity index is 68.5. The molecule has 0 unspecified atom stereocenters. The molecule has 0 aliphatic carbocycles. The Morgan fingerprint density at radius 2 is 2.43 bits per heavy atom. The summed E-state index contributed by atoms with van der Waals surface area (Å²) in [6.07, 6.45) is 2.07. The zero-order valence-electron chi connectivity index (χ0n) is 4.32. The molecule has 1 nitrogen and oxygen atoms in total. The van der Waals surface area contributed by atoms with Gasteiger partial charge in [-0.05, 0) is 18.9 Å². The van der Waals surface area contributed by atoms with Gasteiger partial charge >= 0.3 is 0 Å². The molecule has 0 aromatic rings. The summed E-state index contributed by atoms with van der Waals surface area (Å²) in [5, 5.41) is 9.21. The van der Waals surface area contributed by atoms with Gasteiger partial charge in [0.05, 0.1) is 6.26 Å². The highest BCUT2D eigenvalue weighted by molar-refractivity contribution is 9.09. The fourth-order valence-electron chi connectivity index (χ4n) is 0.214. The molecule has 0 rings (SSSR count). The molecule has 0 aliphatic rings. The molecule has 0 aliphatic heterocycles. The van der Waals surface area contributed by atoms with Gasteiger partial charge in [0.2, 0.25) is 0 Å². The first-order valence-corrected chi connectivity index (χ1v) is 3.29. The smallest absolute Gasteiger partial charge is 0.0781 e. The van der Waals surface area contributed by atoms with Crippen molar-refractivity contribution in [1.29, 1.82) is 0 Å². The summed E-state index contributed by atoms with van der Waals surface area (Å²) >= 11 is 3.24. The van der Waals surface area contributed by atoms with Crippen LogP contribution >= 0.6 is 15.9 Å². The Hall–Kier alpha value is 0.0200. The summed E-state index contributed by atoms with van der Waals surface area (Å²) in [5.41, 5.74) is 1.01. The number of aliphatic hydroxyl groups is 1. The quantitative estimate of drug-likeness (QED) is 0.491. The molecular weight excluding hydrogens is 156 g/mol. The second kappa shape index (κ2) is 4.19. The first-order valence-electron chi connectivity index (χ1n) is 2.17. The van der Waals surface area contributed by atoms with E-state index in [1.807, 2.05) is 6.92 Å². The maximum atomic E-state index is 8.28. The van der Waals surface area contributed by atoms with Crippen LogP contribution in [0.3, 0.4) is 0 Å². The highest BCUT2D eigenvalue weighted by Gasteiger charge is 1.82. The molecule has 7 heavy (non-hydrogen) atoms. The van der Waals surface area contributed by atoms with Crippen LogP contribution in [0, 0.1) is 0 Å². The molecule has 0 fully saturated rings. The third-order valence-electron chi connectivity index (χ3n) is 0.709. The van der Waals surface area contributed by atoms with E-state index in [0.29, 0.717) is 0 Å². The predicted molar refractivity (Wildman–Crippen MR) is 34.8 cm³/mol. The van der Waals surface area contributed by atoms with Gasteiger partial charge in [-0.2, -0.15) is 0 Å². The third-order valence-corrected chi connectivity index (χ3v) is 1.11. The van der Waals surface area contributed by atoms with Gasteiger partial charge in [-0.1, -0.05) is 15.9 Å². The molecule has 0 saturated heterocycles. The number of allylic oxidation sites excluding steroid dienone is 1. The van der Waals surface area contributed by atoms with E-state index in [9.17, 15) is 0 Å². The summed E-state index contributed by atoms with van der Waals surface area (Å²) in [5.74, 6) is 0. The van der Waals surface area contributed by atoms with Crippen molar-refractivity contribution in [3.05, 3.63) is 11.8 Å². The van der Waals surface area contributed by atoms with Gasteiger partial charge in [0, 0.05) is 5.33 Å². The second-order valence-electron chi connectivity index (χ2n) is 1.41. The van der Waals surface area contributed by atoms with Crippen molar-refractivity contribution >= 4 is 15.9 Å². The Balaban J connectivity index is 3.17. The van der Waals surface area contributed by atoms with Crippen LogP contribution in [-0.4, -0.2) is 10.4 Å². The minimum absolute atomic E-state index is 0.926. The first-order chi connectivity index (χ1) is 3.31.